The van der Waals surface area contributed by atoms with E-state index in [2.05, 4.69) is 26.3 Å². The summed E-state index contributed by atoms with van der Waals surface area (Å²) in [5.74, 6) is -1.84. The molecule has 12 heteroatoms. The number of nitrogens with one attached hydrogen (secondary N) is 4. The minimum Gasteiger partial charge on any atom is -0.496 e. The molecule has 50 heavy (non-hydrogen) atoms. The lowest BCUT2D eigenvalue weighted by molar-refractivity contribution is -0.132. The molecule has 4 aromatic rings. The first kappa shape index (κ1) is 36.9. The number of hydrogen-bond acceptors (Lipinski definition) is 6. The number of carbonyl (C=O) groups is 4. The third-order valence-corrected chi connectivity index (χ3v) is 8.08. The SMILES string of the molecule is COc1cc(NC(=O)[C@H](CCCN=C(N)N)NC(=O)[C@@H](NC(=O)[C@@H](Cc2ccccc2)NC(=O)c2ccccc2)C(C)C)cc2ccccc12. The topological polar surface area (TPSA) is 190 Å². The summed E-state index contributed by atoms with van der Waals surface area (Å²) in [6.45, 7) is 3.82. The fourth-order valence-electron chi connectivity index (χ4n) is 5.46. The summed E-state index contributed by atoms with van der Waals surface area (Å²) in [5.41, 5.74) is 12.7. The van der Waals surface area contributed by atoms with Gasteiger partial charge in [0.2, 0.25) is 17.7 Å². The third-order valence-electron chi connectivity index (χ3n) is 8.08. The van der Waals surface area contributed by atoms with Gasteiger partial charge in [-0.1, -0.05) is 86.6 Å². The van der Waals surface area contributed by atoms with Crippen molar-refractivity contribution in [3.63, 3.8) is 0 Å². The van der Waals surface area contributed by atoms with E-state index in [-0.39, 0.29) is 31.3 Å². The van der Waals surface area contributed by atoms with Gasteiger partial charge in [-0.3, -0.25) is 24.2 Å². The number of hydrogen-bond donors (Lipinski definition) is 6. The lowest BCUT2D eigenvalue weighted by Crippen LogP contribution is -2.58. The van der Waals surface area contributed by atoms with E-state index in [1.54, 1.807) is 57.4 Å². The molecule has 0 aromatic heterocycles. The van der Waals surface area contributed by atoms with Crippen molar-refractivity contribution in [2.24, 2.45) is 22.4 Å². The average molecular weight is 680 g/mol. The maximum atomic E-state index is 13.8. The van der Waals surface area contributed by atoms with Crippen molar-refractivity contribution >= 4 is 46.0 Å². The van der Waals surface area contributed by atoms with E-state index in [1.807, 2.05) is 60.7 Å². The van der Waals surface area contributed by atoms with Gasteiger partial charge in [0.25, 0.3) is 5.91 Å². The number of anilines is 1. The van der Waals surface area contributed by atoms with Gasteiger partial charge in [-0.2, -0.15) is 0 Å². The number of methoxy groups -OCH3 is 1. The molecule has 0 heterocycles. The lowest BCUT2D eigenvalue weighted by Gasteiger charge is -2.27. The van der Waals surface area contributed by atoms with Crippen LogP contribution in [0.15, 0.2) is 102 Å². The summed E-state index contributed by atoms with van der Waals surface area (Å²) in [6, 6.07) is 26.0. The molecule has 0 radical (unpaired) electrons. The van der Waals surface area contributed by atoms with Gasteiger partial charge in [-0.05, 0) is 47.9 Å². The van der Waals surface area contributed by atoms with E-state index in [0.717, 1.165) is 16.3 Å². The number of amides is 4. The Labute approximate surface area is 292 Å². The van der Waals surface area contributed by atoms with Crippen LogP contribution in [0, 0.1) is 5.92 Å². The number of nitrogens with two attached hydrogens (primary N) is 2. The zero-order chi connectivity index (χ0) is 36.0. The molecule has 0 spiro atoms. The zero-order valence-corrected chi connectivity index (χ0v) is 28.5. The van der Waals surface area contributed by atoms with Crippen LogP contribution in [-0.4, -0.2) is 61.4 Å². The standard InChI is InChI=1S/C38H45N7O5/c1-24(2)33(45-36(48)31(21-25-13-6-4-7-14-25)44-34(46)26-15-8-5-9-16-26)37(49)43-30(19-12-20-41-38(39)40)35(47)42-28-22-27-17-10-11-18-29(27)32(23-28)50-3/h4-11,13-18,22-24,30-31,33H,12,19-21H2,1-3H3,(H,42,47)(H,43,49)(H,44,46)(H,45,48)(H4,39,40,41)/t30-,31+,33-/m0/s1. The van der Waals surface area contributed by atoms with Crippen LogP contribution in [0.3, 0.4) is 0 Å². The van der Waals surface area contributed by atoms with Crippen LogP contribution in [0.2, 0.25) is 0 Å². The molecule has 4 amide bonds. The fourth-order valence-corrected chi connectivity index (χ4v) is 5.46. The van der Waals surface area contributed by atoms with Gasteiger partial charge >= 0.3 is 0 Å². The summed E-state index contributed by atoms with van der Waals surface area (Å²) in [5, 5.41) is 13.2. The maximum Gasteiger partial charge on any atom is 0.251 e. The van der Waals surface area contributed by atoms with Crippen LogP contribution in [0.5, 0.6) is 5.75 Å². The first-order chi connectivity index (χ1) is 24.0. The van der Waals surface area contributed by atoms with E-state index in [9.17, 15) is 19.2 Å². The Bertz CT molecular complexity index is 1790. The number of nitrogens with zero attached hydrogens (tertiary/aromatic N) is 1. The van der Waals surface area contributed by atoms with Crippen molar-refractivity contribution in [2.75, 3.05) is 19.0 Å². The quantitative estimate of drug-likeness (QED) is 0.0593. The van der Waals surface area contributed by atoms with Crippen LogP contribution in [0.1, 0.15) is 42.6 Å². The number of carbonyl (C=O) groups excluding carboxylic acids is 4. The fraction of sp³-hybridized carbons (Fsp3) is 0.289. The Kier molecular flexibility index (Phi) is 13.3. The van der Waals surface area contributed by atoms with E-state index in [4.69, 9.17) is 16.2 Å². The van der Waals surface area contributed by atoms with Crippen LogP contribution >= 0.6 is 0 Å². The molecule has 0 unspecified atom stereocenters. The second-order valence-electron chi connectivity index (χ2n) is 12.2. The van der Waals surface area contributed by atoms with E-state index in [1.165, 1.54) is 0 Å². The van der Waals surface area contributed by atoms with Gasteiger partial charge in [0.1, 0.15) is 23.9 Å². The largest absolute Gasteiger partial charge is 0.496 e. The minimum absolute atomic E-state index is 0.0784. The van der Waals surface area contributed by atoms with Crippen molar-refractivity contribution in [2.45, 2.75) is 51.2 Å². The van der Waals surface area contributed by atoms with Gasteiger partial charge in [0.15, 0.2) is 5.96 Å². The normalized spacial score (nSPS) is 12.6. The molecule has 0 saturated heterocycles. The molecule has 262 valence electrons. The van der Waals surface area contributed by atoms with Crippen LogP contribution in [-0.2, 0) is 20.8 Å². The van der Waals surface area contributed by atoms with Crippen molar-refractivity contribution in [1.29, 1.82) is 0 Å². The molecule has 0 aliphatic rings. The number of guanidine groups is 1. The van der Waals surface area contributed by atoms with E-state index in [0.29, 0.717) is 23.4 Å². The Morgan fingerprint density at radius 3 is 2.08 bits per heavy atom. The number of fused-ring (bicyclic) bond motifs is 1. The minimum atomic E-state index is -1.02. The second-order valence-corrected chi connectivity index (χ2v) is 12.2. The number of benzene rings is 4. The Balaban J connectivity index is 1.53. The average Bonchev–Trinajstić information content (AvgIpc) is 3.11. The predicted octanol–water partition coefficient (Wildman–Crippen LogP) is 3.51. The van der Waals surface area contributed by atoms with Gasteiger partial charge in [-0.25, -0.2) is 0 Å². The van der Waals surface area contributed by atoms with Crippen molar-refractivity contribution in [3.8, 4) is 5.75 Å². The highest BCUT2D eigenvalue weighted by Crippen LogP contribution is 2.30. The molecule has 0 fully saturated rings. The first-order valence-electron chi connectivity index (χ1n) is 16.5. The maximum absolute atomic E-state index is 13.8. The van der Waals surface area contributed by atoms with Crippen LogP contribution < -0.4 is 37.5 Å². The molecule has 12 nitrogen and oxygen atoms in total. The molecule has 0 bridgehead atoms. The summed E-state index contributed by atoms with van der Waals surface area (Å²) in [4.78, 5) is 58.5. The molecule has 0 aliphatic carbocycles. The van der Waals surface area contributed by atoms with Gasteiger partial charge < -0.3 is 37.5 Å². The number of ether oxygens (including phenoxy) is 1. The molecule has 4 rings (SSSR count). The Morgan fingerprint density at radius 1 is 0.760 bits per heavy atom. The zero-order valence-electron chi connectivity index (χ0n) is 28.5. The van der Waals surface area contributed by atoms with E-state index < -0.39 is 41.8 Å². The molecule has 0 saturated carbocycles. The number of aliphatic imine (C=N–C) groups is 1. The van der Waals surface area contributed by atoms with Gasteiger partial charge in [0, 0.05) is 35.7 Å². The first-order valence-corrected chi connectivity index (χ1v) is 16.5. The predicted molar refractivity (Wildman–Crippen MR) is 196 cm³/mol. The summed E-state index contributed by atoms with van der Waals surface area (Å²) >= 11 is 0. The van der Waals surface area contributed by atoms with Crippen molar-refractivity contribution in [3.05, 3.63) is 108 Å². The van der Waals surface area contributed by atoms with Crippen molar-refractivity contribution in [1.82, 2.24) is 16.0 Å². The molecule has 4 aromatic carbocycles. The summed E-state index contributed by atoms with van der Waals surface area (Å²) in [7, 11) is 1.55. The summed E-state index contributed by atoms with van der Waals surface area (Å²) < 4.78 is 5.55. The second kappa shape index (κ2) is 18.0. The number of rotatable bonds is 16. The smallest absolute Gasteiger partial charge is 0.251 e. The summed E-state index contributed by atoms with van der Waals surface area (Å²) in [6.07, 6.45) is 0.797. The van der Waals surface area contributed by atoms with E-state index >= 15 is 0 Å². The molecule has 8 N–H and O–H groups in total. The van der Waals surface area contributed by atoms with Crippen molar-refractivity contribution < 1.29 is 23.9 Å². The monoisotopic (exact) mass is 679 g/mol. The Hall–Kier alpha value is -5.91. The highest BCUT2D eigenvalue weighted by atomic mass is 16.5. The third kappa shape index (κ3) is 10.5. The molecule has 3 atom stereocenters. The van der Waals surface area contributed by atoms with Crippen LogP contribution in [0.25, 0.3) is 10.8 Å². The highest BCUT2D eigenvalue weighted by Gasteiger charge is 2.32. The molecular weight excluding hydrogens is 634 g/mol. The molecule has 0 aliphatic heterocycles. The molecular formula is C38H45N7O5. The van der Waals surface area contributed by atoms with Crippen LogP contribution in [0.4, 0.5) is 5.69 Å². The van der Waals surface area contributed by atoms with Gasteiger partial charge in [0.05, 0.1) is 7.11 Å². The highest BCUT2D eigenvalue weighted by molar-refractivity contribution is 6.02. The Morgan fingerprint density at radius 2 is 1.42 bits per heavy atom. The van der Waals surface area contributed by atoms with Gasteiger partial charge in [-0.15, -0.1) is 0 Å². The lowest BCUT2D eigenvalue weighted by atomic mass is 10.00.